The van der Waals surface area contributed by atoms with E-state index in [0.717, 1.165) is 68.3 Å². The monoisotopic (exact) mass is 834 g/mol. The Morgan fingerprint density at radius 2 is 1.61 bits per heavy atom. The minimum absolute atomic E-state index is 0.0295. The molecule has 8 rings (SSSR count). The van der Waals surface area contributed by atoms with Crippen LogP contribution in [0.4, 0.5) is 9.59 Å². The third-order valence-corrected chi connectivity index (χ3v) is 12.6. The number of likely N-dealkylation sites (tertiary alicyclic amines) is 2. The predicted octanol–water partition coefficient (Wildman–Crippen LogP) is 6.77. The summed E-state index contributed by atoms with van der Waals surface area (Å²) < 4.78 is 21.5. The van der Waals surface area contributed by atoms with Gasteiger partial charge in [0.2, 0.25) is 11.8 Å². The Bertz CT molecular complexity index is 2500. The summed E-state index contributed by atoms with van der Waals surface area (Å²) in [6, 6.07) is 12.3. The van der Waals surface area contributed by atoms with Crippen molar-refractivity contribution in [2.45, 2.75) is 96.8 Å². The first kappa shape index (κ1) is 41.6. The fourth-order valence-electron chi connectivity index (χ4n) is 9.20. The van der Waals surface area contributed by atoms with E-state index in [1.54, 1.807) is 18.0 Å². The van der Waals surface area contributed by atoms with Crippen LogP contribution >= 0.6 is 0 Å². The van der Waals surface area contributed by atoms with E-state index in [9.17, 15) is 19.2 Å². The highest BCUT2D eigenvalue weighted by Gasteiger charge is 2.43. The molecule has 2 aromatic heterocycles. The Kier molecular flexibility index (Phi) is 11.4. The van der Waals surface area contributed by atoms with Gasteiger partial charge in [-0.15, -0.1) is 0 Å². The normalized spacial score (nSPS) is 21.1. The van der Waals surface area contributed by atoms with E-state index in [4.69, 9.17) is 28.9 Å². The van der Waals surface area contributed by atoms with Crippen LogP contribution in [0.3, 0.4) is 0 Å². The number of hydrogen-bond acceptors (Lipinski definition) is 10. The molecule has 4 N–H and O–H groups in total. The molecule has 16 heteroatoms. The van der Waals surface area contributed by atoms with Crippen molar-refractivity contribution in [3.8, 4) is 28.1 Å². The first-order valence-corrected chi connectivity index (χ1v) is 20.9. The van der Waals surface area contributed by atoms with Crippen LogP contribution in [0.5, 0.6) is 5.75 Å². The van der Waals surface area contributed by atoms with Crippen molar-refractivity contribution in [2.24, 2.45) is 11.8 Å². The van der Waals surface area contributed by atoms with Crippen LogP contribution in [0.2, 0.25) is 0 Å². The Hall–Kier alpha value is -6.16. The van der Waals surface area contributed by atoms with E-state index in [2.05, 4.69) is 63.9 Å². The Morgan fingerprint density at radius 1 is 0.852 bits per heavy atom. The van der Waals surface area contributed by atoms with Gasteiger partial charge in [0.25, 0.3) is 0 Å². The molecule has 5 heterocycles. The number of H-pyrrole nitrogens is 2. The largest absolute Gasteiger partial charge is 0.488 e. The molecule has 0 saturated carbocycles. The fourth-order valence-corrected chi connectivity index (χ4v) is 9.20. The molecule has 2 saturated heterocycles. The molecule has 7 atom stereocenters. The molecule has 322 valence electrons. The summed E-state index contributed by atoms with van der Waals surface area (Å²) in [6.07, 6.45) is 2.15. The third kappa shape index (κ3) is 7.73. The molecular formula is C45H54N8O8. The first-order chi connectivity index (χ1) is 29.3. The molecule has 2 fully saturated rings. The Balaban J connectivity index is 1.04. The van der Waals surface area contributed by atoms with Crippen molar-refractivity contribution in [3.05, 3.63) is 65.9 Å². The van der Waals surface area contributed by atoms with Crippen LogP contribution in [0.15, 0.2) is 48.7 Å². The van der Waals surface area contributed by atoms with E-state index in [-0.39, 0.29) is 41.8 Å². The lowest BCUT2D eigenvalue weighted by Crippen LogP contribution is -2.54. The highest BCUT2D eigenvalue weighted by molar-refractivity contribution is 6.07. The maximum Gasteiger partial charge on any atom is 0.407 e. The quantitative estimate of drug-likeness (QED) is 0.117. The average molecular weight is 835 g/mol. The van der Waals surface area contributed by atoms with Crippen molar-refractivity contribution in [1.82, 2.24) is 40.4 Å². The van der Waals surface area contributed by atoms with Crippen LogP contribution in [0, 0.1) is 11.8 Å². The van der Waals surface area contributed by atoms with Crippen molar-refractivity contribution in [3.63, 3.8) is 0 Å². The lowest BCUT2D eigenvalue weighted by atomic mass is 9.92. The summed E-state index contributed by atoms with van der Waals surface area (Å²) in [5.41, 5.74) is 6.50. The van der Waals surface area contributed by atoms with Crippen LogP contribution in [-0.4, -0.2) is 106 Å². The standard InChI is InChI=1S/C45H54N8O8/c1-22(2)37(50-44(56)59-7)43(55)53-24(4)9-14-34(53)41-47-32-13-11-26-17-31-29-12-10-27(16-28(29)21-61-36(31)18-30(26)39(32)49-41)33-19-46-40(48-33)35-15-23(3)20-52(35)42(54)38(25(5)58-6)51-45(57)60-8/h10-13,16-19,22-25,34-35,37-38H,9,14-15,20-21H2,1-8H3,(H,46,48)(H,47,49)(H,50,56)(H,51,57)/t23-,24-,25+,34-,35?,37?,38-/m0/s1. The van der Waals surface area contributed by atoms with E-state index in [1.165, 1.54) is 21.3 Å². The smallest absolute Gasteiger partial charge is 0.407 e. The Morgan fingerprint density at radius 3 is 2.33 bits per heavy atom. The topological polar surface area (TPSA) is 193 Å². The molecule has 4 amide bonds. The second-order valence-electron chi connectivity index (χ2n) is 16.9. The number of carbonyl (C=O) groups excluding carboxylic acids is 4. The molecule has 3 aliphatic rings. The van der Waals surface area contributed by atoms with E-state index < -0.39 is 30.4 Å². The molecule has 5 aromatic rings. The number of methoxy groups -OCH3 is 3. The average Bonchev–Trinajstić information content (AvgIpc) is 4.08. The molecule has 0 aliphatic carbocycles. The maximum absolute atomic E-state index is 14.0. The highest BCUT2D eigenvalue weighted by Crippen LogP contribution is 2.44. The summed E-state index contributed by atoms with van der Waals surface area (Å²) in [5.74, 6) is 1.81. The van der Waals surface area contributed by atoms with Gasteiger partial charge in [-0.2, -0.15) is 0 Å². The zero-order chi connectivity index (χ0) is 43.3. The van der Waals surface area contributed by atoms with Gasteiger partial charge in [0.1, 0.15) is 36.1 Å². The van der Waals surface area contributed by atoms with E-state index in [0.29, 0.717) is 31.2 Å². The molecule has 0 bridgehead atoms. The number of alkyl carbamates (subject to hydrolysis) is 2. The number of nitrogens with one attached hydrogen (secondary N) is 4. The number of amides is 4. The van der Waals surface area contributed by atoms with Crippen LogP contribution in [0.25, 0.3) is 44.2 Å². The van der Waals surface area contributed by atoms with Crippen LogP contribution in [0.1, 0.15) is 83.2 Å². The summed E-state index contributed by atoms with van der Waals surface area (Å²) >= 11 is 0. The van der Waals surface area contributed by atoms with E-state index in [1.807, 2.05) is 31.7 Å². The minimum Gasteiger partial charge on any atom is -0.488 e. The number of carbonyl (C=O) groups is 4. The molecule has 0 spiro atoms. The number of ether oxygens (including phenoxy) is 4. The fraction of sp³-hybridized carbons (Fsp3) is 0.467. The molecule has 61 heavy (non-hydrogen) atoms. The molecule has 3 aromatic carbocycles. The highest BCUT2D eigenvalue weighted by atomic mass is 16.5. The van der Waals surface area contributed by atoms with Gasteiger partial charge in [0.15, 0.2) is 0 Å². The van der Waals surface area contributed by atoms with Crippen LogP contribution < -0.4 is 15.4 Å². The number of aromatic amines is 2. The van der Waals surface area contributed by atoms with Crippen molar-refractivity contribution >= 4 is 45.8 Å². The van der Waals surface area contributed by atoms with Crippen molar-refractivity contribution < 1.29 is 38.1 Å². The number of rotatable bonds is 10. The predicted molar refractivity (Wildman–Crippen MR) is 227 cm³/mol. The SMILES string of the molecule is COC(=O)NC(C(=O)N1[C@@H](C)CC[C@H]1c1nc2c(ccc3cc4c(cc32)OCc2cc(-c3cnc(C5C[C@H](C)CN5C(=O)[C@@H](NC(=O)OC)[C@@H](C)OC)[nH]3)ccc2-4)[nH]1)C(C)C. The zero-order valence-corrected chi connectivity index (χ0v) is 35.8. The summed E-state index contributed by atoms with van der Waals surface area (Å²) in [4.78, 5) is 72.6. The lowest BCUT2D eigenvalue weighted by molar-refractivity contribution is -0.138. The maximum atomic E-state index is 14.0. The number of imidazole rings is 2. The van der Waals surface area contributed by atoms with Gasteiger partial charge in [0.05, 0.1) is 55.3 Å². The van der Waals surface area contributed by atoms with Gasteiger partial charge >= 0.3 is 12.2 Å². The zero-order valence-electron chi connectivity index (χ0n) is 35.8. The van der Waals surface area contributed by atoms with Gasteiger partial charge in [0, 0.05) is 30.6 Å². The third-order valence-electron chi connectivity index (χ3n) is 12.6. The summed E-state index contributed by atoms with van der Waals surface area (Å²) in [6.45, 7) is 10.6. The molecule has 0 radical (unpaired) electrons. The second kappa shape index (κ2) is 16.7. The number of hydrogen-bond donors (Lipinski definition) is 4. The van der Waals surface area contributed by atoms with Crippen molar-refractivity contribution in [2.75, 3.05) is 27.9 Å². The Labute approximate surface area is 354 Å². The van der Waals surface area contributed by atoms with Crippen molar-refractivity contribution in [1.29, 1.82) is 0 Å². The van der Waals surface area contributed by atoms with Crippen LogP contribution in [-0.2, 0) is 30.4 Å². The molecular weight excluding hydrogens is 781 g/mol. The molecule has 3 aliphatic heterocycles. The van der Waals surface area contributed by atoms with Gasteiger partial charge in [-0.25, -0.2) is 19.6 Å². The number of nitrogens with zero attached hydrogens (tertiary/aromatic N) is 4. The van der Waals surface area contributed by atoms with Gasteiger partial charge < -0.3 is 49.3 Å². The number of aromatic nitrogens is 4. The summed E-state index contributed by atoms with van der Waals surface area (Å²) in [5, 5.41) is 7.33. The number of benzene rings is 3. The summed E-state index contributed by atoms with van der Waals surface area (Å²) in [7, 11) is 4.05. The molecule has 2 unspecified atom stereocenters. The van der Waals surface area contributed by atoms with Gasteiger partial charge in [-0.3, -0.25) is 9.59 Å². The second-order valence-corrected chi connectivity index (χ2v) is 16.9. The van der Waals surface area contributed by atoms with Gasteiger partial charge in [-0.05, 0) is 91.3 Å². The lowest BCUT2D eigenvalue weighted by Gasteiger charge is -2.32. The first-order valence-electron chi connectivity index (χ1n) is 20.9. The van der Waals surface area contributed by atoms with Gasteiger partial charge in [-0.1, -0.05) is 39.0 Å². The minimum atomic E-state index is -0.922. The van der Waals surface area contributed by atoms with E-state index >= 15 is 0 Å². The molecule has 16 nitrogen and oxygen atoms in total. The number of fused-ring (bicyclic) bond motifs is 6.